The predicted molar refractivity (Wildman–Crippen MR) is 58.6 cm³/mol. The summed E-state index contributed by atoms with van der Waals surface area (Å²) in [6.07, 6.45) is 0.515. The molecule has 0 aliphatic carbocycles. The fraction of sp³-hybridized carbons (Fsp3) is 0.200. The van der Waals surface area contributed by atoms with E-state index >= 15 is 0 Å². The number of phenolic OH excluding ortho intramolecular Hbond substituents is 1. The normalized spacial score (nSPS) is 10.6. The van der Waals surface area contributed by atoms with E-state index < -0.39 is 0 Å². The Morgan fingerprint density at radius 1 is 1.50 bits per heavy atom. The van der Waals surface area contributed by atoms with Crippen molar-refractivity contribution >= 4 is 0 Å². The lowest BCUT2D eigenvalue weighted by Gasteiger charge is -1.99. The average Bonchev–Trinajstić information content (AvgIpc) is 2.60. The molecule has 16 heavy (non-hydrogen) atoms. The van der Waals surface area contributed by atoms with Crippen LogP contribution >= 0.6 is 0 Å². The van der Waals surface area contributed by atoms with Gasteiger partial charge in [-0.1, -0.05) is 6.07 Å². The Kier molecular flexibility index (Phi) is 2.74. The highest BCUT2D eigenvalue weighted by molar-refractivity contribution is 5.37. The number of nitrogens with two attached hydrogens (primary N) is 1. The Morgan fingerprint density at radius 2 is 2.31 bits per heavy atom. The molecule has 1 heterocycles. The molecule has 0 radical (unpaired) electrons. The zero-order chi connectivity index (χ0) is 11.5. The summed E-state index contributed by atoms with van der Waals surface area (Å²) in [5.41, 5.74) is 5.55. The van der Waals surface area contributed by atoms with Crippen molar-refractivity contribution in [2.75, 3.05) is 6.54 Å². The lowest BCUT2D eigenvalue weighted by molar-refractivity contribution is 0.474. The van der Waals surface area contributed by atoms with Crippen LogP contribution in [0.4, 0.5) is 0 Å². The third-order valence-electron chi connectivity index (χ3n) is 2.12. The highest BCUT2D eigenvalue weighted by atomic mass is 16.3. The molecule has 6 nitrogen and oxygen atoms in total. The number of aromatic nitrogens is 3. The number of benzene rings is 1. The molecule has 0 unspecified atom stereocenters. The molecule has 0 aliphatic heterocycles. The van der Waals surface area contributed by atoms with Crippen molar-refractivity contribution in [1.82, 2.24) is 14.8 Å². The van der Waals surface area contributed by atoms with Gasteiger partial charge >= 0.3 is 5.69 Å². The minimum absolute atomic E-state index is 0.0905. The van der Waals surface area contributed by atoms with E-state index in [2.05, 4.69) is 10.1 Å². The van der Waals surface area contributed by atoms with Crippen LogP contribution in [0.15, 0.2) is 29.1 Å². The fourth-order valence-corrected chi connectivity index (χ4v) is 1.42. The minimum atomic E-state index is -0.339. The average molecular weight is 220 g/mol. The molecule has 0 atom stereocenters. The van der Waals surface area contributed by atoms with E-state index in [9.17, 15) is 9.90 Å². The fourth-order valence-electron chi connectivity index (χ4n) is 1.42. The molecule has 0 bridgehead atoms. The van der Waals surface area contributed by atoms with E-state index in [0.29, 0.717) is 24.5 Å². The van der Waals surface area contributed by atoms with Crippen LogP contribution in [0, 0.1) is 0 Å². The van der Waals surface area contributed by atoms with Crippen LogP contribution < -0.4 is 11.4 Å². The monoisotopic (exact) mass is 220 g/mol. The zero-order valence-corrected chi connectivity index (χ0v) is 8.55. The van der Waals surface area contributed by atoms with Crippen LogP contribution in [0.1, 0.15) is 5.82 Å². The summed E-state index contributed by atoms with van der Waals surface area (Å²) in [5.74, 6) is 0.628. The number of hydrogen-bond acceptors (Lipinski definition) is 4. The Balaban J connectivity index is 2.44. The molecule has 0 amide bonds. The van der Waals surface area contributed by atoms with Gasteiger partial charge in [-0.15, -0.1) is 0 Å². The van der Waals surface area contributed by atoms with Crippen LogP contribution in [0.5, 0.6) is 5.75 Å². The minimum Gasteiger partial charge on any atom is -0.508 e. The molecule has 1 aromatic heterocycles. The highest BCUT2D eigenvalue weighted by Crippen LogP contribution is 2.12. The van der Waals surface area contributed by atoms with Crippen LogP contribution in [0.3, 0.4) is 0 Å². The lowest BCUT2D eigenvalue weighted by Crippen LogP contribution is -2.15. The standard InChI is InChI=1S/C10H12N4O2/c11-5-4-9-12-10(16)14(13-9)7-2-1-3-8(15)6-7/h1-3,6,15H,4-5,11H2,(H,12,13,16). The molecule has 0 saturated heterocycles. The van der Waals surface area contributed by atoms with Gasteiger partial charge < -0.3 is 10.8 Å². The Labute approximate surface area is 91.3 Å². The van der Waals surface area contributed by atoms with Gasteiger partial charge in [0.25, 0.3) is 0 Å². The van der Waals surface area contributed by atoms with E-state index in [-0.39, 0.29) is 11.4 Å². The first-order valence-electron chi connectivity index (χ1n) is 4.88. The molecular weight excluding hydrogens is 208 g/mol. The van der Waals surface area contributed by atoms with Gasteiger partial charge in [0.2, 0.25) is 0 Å². The molecule has 0 aliphatic rings. The summed E-state index contributed by atoms with van der Waals surface area (Å²) in [6.45, 7) is 0.424. The van der Waals surface area contributed by atoms with Crippen LogP contribution in [0.25, 0.3) is 5.69 Å². The maximum Gasteiger partial charge on any atom is 0.348 e. The second-order valence-electron chi connectivity index (χ2n) is 3.35. The molecule has 0 saturated carbocycles. The summed E-state index contributed by atoms with van der Waals surface area (Å²) < 4.78 is 1.20. The third kappa shape index (κ3) is 1.96. The number of nitrogens with zero attached hydrogens (tertiary/aromatic N) is 2. The number of H-pyrrole nitrogens is 1. The SMILES string of the molecule is NCCc1nn(-c2cccc(O)c2)c(=O)[nH]1. The lowest BCUT2D eigenvalue weighted by atomic mass is 10.3. The summed E-state index contributed by atoms with van der Waals surface area (Å²) >= 11 is 0. The quantitative estimate of drug-likeness (QED) is 0.665. The van der Waals surface area contributed by atoms with E-state index in [4.69, 9.17) is 5.73 Å². The number of phenols is 1. The van der Waals surface area contributed by atoms with Gasteiger partial charge in [0.15, 0.2) is 0 Å². The van der Waals surface area contributed by atoms with Gasteiger partial charge in [0, 0.05) is 12.5 Å². The highest BCUT2D eigenvalue weighted by Gasteiger charge is 2.06. The Morgan fingerprint density at radius 3 is 3.00 bits per heavy atom. The van der Waals surface area contributed by atoms with Gasteiger partial charge in [0.1, 0.15) is 11.6 Å². The van der Waals surface area contributed by atoms with Crippen molar-refractivity contribution in [2.45, 2.75) is 6.42 Å². The first-order valence-corrected chi connectivity index (χ1v) is 4.88. The van der Waals surface area contributed by atoms with Crippen molar-refractivity contribution in [1.29, 1.82) is 0 Å². The maximum absolute atomic E-state index is 11.5. The van der Waals surface area contributed by atoms with Gasteiger partial charge in [-0.2, -0.15) is 9.78 Å². The Hall–Kier alpha value is -2.08. The third-order valence-corrected chi connectivity index (χ3v) is 2.12. The van der Waals surface area contributed by atoms with Gasteiger partial charge in [0.05, 0.1) is 5.69 Å². The number of rotatable bonds is 3. The first-order chi connectivity index (χ1) is 7.70. The van der Waals surface area contributed by atoms with Gasteiger partial charge in [-0.3, -0.25) is 4.98 Å². The van der Waals surface area contributed by atoms with E-state index in [1.807, 2.05) is 0 Å². The summed E-state index contributed by atoms with van der Waals surface area (Å²) in [7, 11) is 0. The van der Waals surface area contributed by atoms with E-state index in [0.717, 1.165) is 0 Å². The topological polar surface area (TPSA) is 96.9 Å². The van der Waals surface area contributed by atoms with Crippen LogP contribution in [-0.2, 0) is 6.42 Å². The number of hydrogen-bond donors (Lipinski definition) is 3. The van der Waals surface area contributed by atoms with E-state index in [1.54, 1.807) is 12.1 Å². The number of nitrogens with one attached hydrogen (secondary N) is 1. The largest absolute Gasteiger partial charge is 0.508 e. The molecular formula is C10H12N4O2. The van der Waals surface area contributed by atoms with Crippen molar-refractivity contribution < 1.29 is 5.11 Å². The van der Waals surface area contributed by atoms with E-state index in [1.165, 1.54) is 16.8 Å². The molecule has 6 heteroatoms. The maximum atomic E-state index is 11.5. The molecule has 84 valence electrons. The molecule has 0 spiro atoms. The second-order valence-corrected chi connectivity index (χ2v) is 3.35. The summed E-state index contributed by atoms with van der Waals surface area (Å²) in [5, 5.41) is 13.4. The predicted octanol–water partition coefficient (Wildman–Crippen LogP) is -0.233. The zero-order valence-electron chi connectivity index (χ0n) is 8.55. The summed E-state index contributed by atoms with van der Waals surface area (Å²) in [4.78, 5) is 14.1. The summed E-state index contributed by atoms with van der Waals surface area (Å²) in [6, 6.07) is 6.33. The van der Waals surface area contributed by atoms with Gasteiger partial charge in [-0.25, -0.2) is 4.79 Å². The number of aromatic amines is 1. The molecule has 2 rings (SSSR count). The molecule has 1 aromatic carbocycles. The second kappa shape index (κ2) is 4.19. The first kappa shape index (κ1) is 10.4. The van der Waals surface area contributed by atoms with Crippen molar-refractivity contribution in [3.05, 3.63) is 40.6 Å². The van der Waals surface area contributed by atoms with Crippen molar-refractivity contribution in [3.63, 3.8) is 0 Å². The Bertz CT molecular complexity index is 544. The molecule has 0 fully saturated rings. The van der Waals surface area contributed by atoms with Gasteiger partial charge in [-0.05, 0) is 18.7 Å². The smallest absolute Gasteiger partial charge is 0.348 e. The molecule has 4 N–H and O–H groups in total. The number of aromatic hydroxyl groups is 1. The van der Waals surface area contributed by atoms with Crippen LogP contribution in [0.2, 0.25) is 0 Å². The van der Waals surface area contributed by atoms with Crippen molar-refractivity contribution in [3.8, 4) is 11.4 Å². The van der Waals surface area contributed by atoms with Crippen LogP contribution in [-0.4, -0.2) is 26.4 Å². The molecule has 2 aromatic rings. The van der Waals surface area contributed by atoms with Crippen molar-refractivity contribution in [2.24, 2.45) is 5.73 Å².